The minimum Gasteiger partial charge on any atom is -0.322 e. The third-order valence-corrected chi connectivity index (χ3v) is 6.01. The van der Waals surface area contributed by atoms with Gasteiger partial charge >= 0.3 is 0 Å². The van der Waals surface area contributed by atoms with Crippen molar-refractivity contribution in [3.05, 3.63) is 95.0 Å². The topological polar surface area (TPSA) is 77.6 Å². The Hall–Kier alpha value is -3.97. The maximum atomic E-state index is 12.8. The number of aromatic nitrogens is 5. The second kappa shape index (κ2) is 9.11. The van der Waals surface area contributed by atoms with E-state index in [1.165, 1.54) is 5.56 Å². The van der Waals surface area contributed by atoms with Crippen LogP contribution in [0.5, 0.6) is 0 Å². The van der Waals surface area contributed by atoms with Gasteiger partial charge in [-0.2, -0.15) is 10.2 Å². The summed E-state index contributed by atoms with van der Waals surface area (Å²) in [5.41, 5.74) is 6.42. The van der Waals surface area contributed by atoms with Crippen LogP contribution in [0.25, 0.3) is 22.2 Å². The fourth-order valence-corrected chi connectivity index (χ4v) is 4.29. The summed E-state index contributed by atoms with van der Waals surface area (Å²) in [6, 6.07) is 17.9. The van der Waals surface area contributed by atoms with Gasteiger partial charge in [-0.1, -0.05) is 59.6 Å². The van der Waals surface area contributed by atoms with Gasteiger partial charge in [0.1, 0.15) is 6.54 Å². The summed E-state index contributed by atoms with van der Waals surface area (Å²) in [6.07, 6.45) is 5.16. The van der Waals surface area contributed by atoms with Crippen LogP contribution < -0.4 is 5.32 Å². The van der Waals surface area contributed by atoms with Crippen LogP contribution in [0.1, 0.15) is 16.8 Å². The van der Waals surface area contributed by atoms with E-state index in [9.17, 15) is 4.79 Å². The second-order valence-electron chi connectivity index (χ2n) is 8.24. The number of hydrogen-bond acceptors (Lipinski definition) is 4. The van der Waals surface area contributed by atoms with Crippen LogP contribution >= 0.6 is 11.6 Å². The summed E-state index contributed by atoms with van der Waals surface area (Å²) >= 11 is 6.24. The number of fused-ring (bicyclic) bond motifs is 1. The number of halogens is 1. The number of anilines is 1. The average Bonchev–Trinajstić information content (AvgIpc) is 3.39. The van der Waals surface area contributed by atoms with Crippen LogP contribution in [0.15, 0.2) is 73.2 Å². The number of carbonyl (C=O) groups excluding carboxylic acids is 1. The molecule has 0 aliphatic carbocycles. The Morgan fingerprint density at radius 1 is 1.09 bits per heavy atom. The van der Waals surface area contributed by atoms with Gasteiger partial charge in [0.25, 0.3) is 0 Å². The van der Waals surface area contributed by atoms with Crippen molar-refractivity contribution in [2.45, 2.75) is 26.9 Å². The predicted octanol–water partition coefficient (Wildman–Crippen LogP) is 5.25. The second-order valence-corrected chi connectivity index (χ2v) is 8.64. The van der Waals surface area contributed by atoms with E-state index in [1.807, 2.05) is 43.3 Å². The molecule has 0 aliphatic rings. The highest BCUT2D eigenvalue weighted by Gasteiger charge is 2.16. The molecule has 8 heteroatoms. The summed E-state index contributed by atoms with van der Waals surface area (Å²) in [6.45, 7) is 4.57. The number of nitrogens with zero attached hydrogens (tertiary/aromatic N) is 5. The molecule has 0 bridgehead atoms. The van der Waals surface area contributed by atoms with Crippen LogP contribution in [0.4, 0.5) is 5.69 Å². The van der Waals surface area contributed by atoms with Crippen molar-refractivity contribution in [1.82, 2.24) is 24.5 Å². The molecular formula is C26H23ClN6O. The third kappa shape index (κ3) is 4.43. The highest BCUT2D eigenvalue weighted by atomic mass is 35.5. The van der Waals surface area contributed by atoms with Crippen molar-refractivity contribution in [2.75, 3.05) is 5.32 Å². The lowest BCUT2D eigenvalue weighted by atomic mass is 10.0. The highest BCUT2D eigenvalue weighted by Crippen LogP contribution is 2.30. The van der Waals surface area contributed by atoms with Gasteiger partial charge < -0.3 is 5.32 Å². The van der Waals surface area contributed by atoms with Crippen molar-refractivity contribution < 1.29 is 4.79 Å². The first kappa shape index (κ1) is 21.9. The quantitative estimate of drug-likeness (QED) is 0.367. The lowest BCUT2D eigenvalue weighted by molar-refractivity contribution is -0.116. The molecule has 5 aromatic rings. The Bertz CT molecular complexity index is 1500. The zero-order chi connectivity index (χ0) is 23.7. The molecule has 1 N–H and O–H groups in total. The van der Waals surface area contributed by atoms with E-state index in [-0.39, 0.29) is 12.5 Å². The number of pyridine rings is 1. The number of benzene rings is 2. The van der Waals surface area contributed by atoms with Gasteiger partial charge in [0.15, 0.2) is 5.65 Å². The molecule has 34 heavy (non-hydrogen) atoms. The lowest BCUT2D eigenvalue weighted by Crippen LogP contribution is -2.19. The van der Waals surface area contributed by atoms with Gasteiger partial charge in [0, 0.05) is 22.8 Å². The average molecular weight is 471 g/mol. The first-order valence-electron chi connectivity index (χ1n) is 10.9. The fourth-order valence-electron chi connectivity index (χ4n) is 4.10. The minimum absolute atomic E-state index is 0.0459. The van der Waals surface area contributed by atoms with Crippen LogP contribution in [0.3, 0.4) is 0 Å². The molecular weight excluding hydrogens is 448 g/mol. The smallest absolute Gasteiger partial charge is 0.246 e. The van der Waals surface area contributed by atoms with E-state index in [0.717, 1.165) is 27.8 Å². The zero-order valence-corrected chi connectivity index (χ0v) is 19.6. The first-order chi connectivity index (χ1) is 16.5. The summed E-state index contributed by atoms with van der Waals surface area (Å²) in [5.74, 6) is -0.204. The third-order valence-electron chi connectivity index (χ3n) is 5.64. The van der Waals surface area contributed by atoms with E-state index in [1.54, 1.807) is 28.0 Å². The largest absolute Gasteiger partial charge is 0.322 e. The van der Waals surface area contributed by atoms with E-state index < -0.39 is 0 Å². The van der Waals surface area contributed by atoms with E-state index in [4.69, 9.17) is 11.6 Å². The maximum absolute atomic E-state index is 12.8. The molecule has 2 aromatic carbocycles. The number of amides is 1. The Balaban J connectivity index is 1.34. The number of nitrogens with one attached hydrogen (secondary N) is 1. The van der Waals surface area contributed by atoms with Crippen molar-refractivity contribution in [3.63, 3.8) is 0 Å². The van der Waals surface area contributed by atoms with Gasteiger partial charge in [-0.25, -0.2) is 9.67 Å². The molecule has 0 spiro atoms. The van der Waals surface area contributed by atoms with Crippen molar-refractivity contribution in [2.24, 2.45) is 0 Å². The minimum atomic E-state index is -0.204. The number of hydrogen-bond donors (Lipinski definition) is 1. The molecule has 1 amide bonds. The molecule has 0 fully saturated rings. The maximum Gasteiger partial charge on any atom is 0.246 e. The zero-order valence-electron chi connectivity index (χ0n) is 18.9. The molecule has 7 nitrogen and oxygen atoms in total. The Morgan fingerprint density at radius 3 is 2.76 bits per heavy atom. The van der Waals surface area contributed by atoms with Gasteiger partial charge in [-0.05, 0) is 42.7 Å². The van der Waals surface area contributed by atoms with Crippen molar-refractivity contribution >= 4 is 34.2 Å². The summed E-state index contributed by atoms with van der Waals surface area (Å²) in [5, 5.41) is 13.5. The van der Waals surface area contributed by atoms with Gasteiger partial charge in [-0.3, -0.25) is 9.48 Å². The molecule has 0 saturated heterocycles. The van der Waals surface area contributed by atoms with Gasteiger partial charge in [0.05, 0.1) is 24.1 Å². The molecule has 0 aliphatic heterocycles. The SMILES string of the molecule is Cc1cccc(-c2ccnc3c2c(C)nn3CC(=O)Nc2cnn(Cc3ccccc3Cl)c2)c1. The Kier molecular flexibility index (Phi) is 5.86. The molecule has 3 aromatic heterocycles. The lowest BCUT2D eigenvalue weighted by Gasteiger charge is -2.07. The summed E-state index contributed by atoms with van der Waals surface area (Å²) < 4.78 is 3.38. The van der Waals surface area contributed by atoms with Crippen molar-refractivity contribution in [1.29, 1.82) is 0 Å². The molecule has 0 radical (unpaired) electrons. The standard InChI is InChI=1S/C26H23ClN6O/c1-17-6-5-8-19(12-17)22-10-11-28-26-25(22)18(2)31-33(26)16-24(34)30-21-13-29-32(15-21)14-20-7-3-4-9-23(20)27/h3-13,15H,14,16H2,1-2H3,(H,30,34). The number of carbonyl (C=O) groups is 1. The number of rotatable bonds is 6. The van der Waals surface area contributed by atoms with E-state index in [2.05, 4.69) is 45.6 Å². The fraction of sp³-hybridized carbons (Fsp3) is 0.154. The van der Waals surface area contributed by atoms with Crippen LogP contribution in [0.2, 0.25) is 5.02 Å². The van der Waals surface area contributed by atoms with Crippen LogP contribution in [-0.2, 0) is 17.9 Å². The van der Waals surface area contributed by atoms with Gasteiger partial charge in [-0.15, -0.1) is 0 Å². The molecule has 0 unspecified atom stereocenters. The molecule has 3 heterocycles. The monoisotopic (exact) mass is 470 g/mol. The molecule has 170 valence electrons. The molecule has 0 saturated carbocycles. The number of aryl methyl sites for hydroxylation is 2. The summed E-state index contributed by atoms with van der Waals surface area (Å²) in [4.78, 5) is 17.3. The first-order valence-corrected chi connectivity index (χ1v) is 11.3. The Labute approximate surface area is 202 Å². The summed E-state index contributed by atoms with van der Waals surface area (Å²) in [7, 11) is 0. The predicted molar refractivity (Wildman–Crippen MR) is 134 cm³/mol. The van der Waals surface area contributed by atoms with Crippen molar-refractivity contribution in [3.8, 4) is 11.1 Å². The Morgan fingerprint density at radius 2 is 1.94 bits per heavy atom. The van der Waals surface area contributed by atoms with E-state index in [0.29, 0.717) is 22.9 Å². The van der Waals surface area contributed by atoms with Crippen LogP contribution in [-0.4, -0.2) is 30.5 Å². The van der Waals surface area contributed by atoms with E-state index >= 15 is 0 Å². The molecule has 0 atom stereocenters. The van der Waals surface area contributed by atoms with Crippen LogP contribution in [0, 0.1) is 13.8 Å². The molecule has 5 rings (SSSR count). The normalized spacial score (nSPS) is 11.1. The van der Waals surface area contributed by atoms with Gasteiger partial charge in [0.2, 0.25) is 5.91 Å². The highest BCUT2D eigenvalue weighted by molar-refractivity contribution is 6.31.